The van der Waals surface area contributed by atoms with Gasteiger partial charge in [-0.3, -0.25) is 0 Å². The Hall–Kier alpha value is -0.500. The van der Waals surface area contributed by atoms with Crippen molar-refractivity contribution in [1.82, 2.24) is 0 Å². The number of aliphatic hydroxyl groups excluding tert-OH is 1. The first kappa shape index (κ1) is 33.4. The molecule has 41 heavy (non-hydrogen) atoms. The van der Waals surface area contributed by atoms with Crippen molar-refractivity contribution in [2.45, 2.75) is 124 Å². The van der Waals surface area contributed by atoms with E-state index in [0.29, 0.717) is 25.0 Å². The van der Waals surface area contributed by atoms with E-state index >= 15 is 0 Å². The van der Waals surface area contributed by atoms with E-state index in [1.54, 1.807) is 5.57 Å². The van der Waals surface area contributed by atoms with Crippen molar-refractivity contribution >= 4 is 0 Å². The average Bonchev–Trinajstić information content (AvgIpc) is 2.91. The van der Waals surface area contributed by atoms with E-state index in [-0.39, 0.29) is 58.1 Å². The third-order valence-electron chi connectivity index (χ3n) is 13.6. The Morgan fingerprint density at radius 2 is 1.61 bits per heavy atom. The highest BCUT2D eigenvalue weighted by molar-refractivity contribution is 5.32. The molecule has 0 heterocycles. The zero-order valence-electron chi connectivity index (χ0n) is 28.3. The van der Waals surface area contributed by atoms with Gasteiger partial charge in [0.2, 0.25) is 0 Å². The number of ether oxygens (including phenoxy) is 5. The van der Waals surface area contributed by atoms with Gasteiger partial charge in [0.1, 0.15) is 0 Å². The molecule has 0 spiro atoms. The van der Waals surface area contributed by atoms with Crippen molar-refractivity contribution in [2.75, 3.05) is 41.7 Å². The average molecular weight is 579 g/mol. The van der Waals surface area contributed by atoms with Gasteiger partial charge in [-0.15, -0.1) is 0 Å². The SMILES string of the molecule is CCO[C@H]1[C@@H](O)CC[C@]2(C)[C@H]3CC=C([C@@H]4CC(C)(C)[C@@H](OC)[C@H](OC)C4(COC)[C@@H](C)OC)C(C)(C)[C@]3(C)CC[C@@H]12. The van der Waals surface area contributed by atoms with Gasteiger partial charge >= 0.3 is 0 Å². The fourth-order valence-corrected chi connectivity index (χ4v) is 11.0. The summed E-state index contributed by atoms with van der Waals surface area (Å²) < 4.78 is 31.2. The molecule has 0 radical (unpaired) electrons. The number of allylic oxidation sites excluding steroid dienone is 2. The Morgan fingerprint density at radius 1 is 0.951 bits per heavy atom. The van der Waals surface area contributed by atoms with Crippen LogP contribution in [0.25, 0.3) is 0 Å². The molecule has 3 saturated carbocycles. The van der Waals surface area contributed by atoms with Gasteiger partial charge < -0.3 is 28.8 Å². The minimum Gasteiger partial charge on any atom is -0.390 e. The number of methoxy groups -OCH3 is 4. The summed E-state index contributed by atoms with van der Waals surface area (Å²) in [4.78, 5) is 0. The molecule has 0 aromatic rings. The first-order valence-electron chi connectivity index (χ1n) is 16.2. The molecule has 0 bridgehead atoms. The van der Waals surface area contributed by atoms with Crippen molar-refractivity contribution in [3.63, 3.8) is 0 Å². The van der Waals surface area contributed by atoms with Gasteiger partial charge in [-0.05, 0) is 91.8 Å². The zero-order chi connectivity index (χ0) is 30.6. The van der Waals surface area contributed by atoms with E-state index in [1.807, 2.05) is 28.4 Å². The molecule has 238 valence electrons. The highest BCUT2D eigenvalue weighted by Gasteiger charge is 2.68. The third kappa shape index (κ3) is 4.81. The monoisotopic (exact) mass is 578 g/mol. The molecule has 11 atom stereocenters. The van der Waals surface area contributed by atoms with Gasteiger partial charge in [-0.2, -0.15) is 0 Å². The summed E-state index contributed by atoms with van der Waals surface area (Å²) >= 11 is 0. The third-order valence-corrected chi connectivity index (χ3v) is 13.6. The van der Waals surface area contributed by atoms with Crippen LogP contribution >= 0.6 is 0 Å². The molecule has 4 rings (SSSR count). The second-order valence-corrected chi connectivity index (χ2v) is 15.6. The van der Waals surface area contributed by atoms with Crippen LogP contribution in [0.1, 0.15) is 93.9 Å². The second kappa shape index (κ2) is 11.8. The van der Waals surface area contributed by atoms with Crippen LogP contribution in [0.3, 0.4) is 0 Å². The molecule has 0 aromatic heterocycles. The standard InChI is InChI=1S/C35H62O6/c1-13-41-28-24-16-19-34(8)27(33(24,7)18-17-26(28)36)15-14-23(32(34,5)6)25-20-31(3,4)29(39-11)30(40-12)35(25,21-37-9)22(2)38-10/h14,22,24-30,36H,13,15-21H2,1-12H3/t22-,24+,25+,26+,27-,28-,29+,30+,33+,34-,35?/m1/s1. The molecule has 0 saturated heterocycles. The minimum absolute atomic E-state index is 0.0491. The van der Waals surface area contributed by atoms with Crippen LogP contribution in [0, 0.1) is 44.8 Å². The van der Waals surface area contributed by atoms with Gasteiger partial charge in [0.25, 0.3) is 0 Å². The van der Waals surface area contributed by atoms with E-state index in [4.69, 9.17) is 23.7 Å². The number of hydrogen-bond acceptors (Lipinski definition) is 6. The molecule has 0 amide bonds. The summed E-state index contributed by atoms with van der Waals surface area (Å²) in [6.45, 7) is 20.2. The number of fused-ring (bicyclic) bond motifs is 3. The van der Waals surface area contributed by atoms with Crippen LogP contribution in [-0.2, 0) is 23.7 Å². The number of aliphatic hydroxyl groups is 1. The second-order valence-electron chi connectivity index (χ2n) is 15.6. The summed E-state index contributed by atoms with van der Waals surface area (Å²) in [6.07, 6.45) is 8.04. The number of rotatable bonds is 9. The van der Waals surface area contributed by atoms with Crippen LogP contribution < -0.4 is 0 Å². The largest absolute Gasteiger partial charge is 0.390 e. The van der Waals surface area contributed by atoms with Crippen LogP contribution in [0.15, 0.2) is 11.6 Å². The van der Waals surface area contributed by atoms with Crippen LogP contribution in [0.5, 0.6) is 0 Å². The molecule has 6 heteroatoms. The topological polar surface area (TPSA) is 66.4 Å². The lowest BCUT2D eigenvalue weighted by molar-refractivity contribution is -0.244. The van der Waals surface area contributed by atoms with Crippen molar-refractivity contribution < 1.29 is 28.8 Å². The molecule has 3 fully saturated rings. The molecule has 6 nitrogen and oxygen atoms in total. The highest BCUT2D eigenvalue weighted by Crippen LogP contribution is 2.71. The van der Waals surface area contributed by atoms with Gasteiger partial charge in [0.05, 0.1) is 42.5 Å². The predicted molar refractivity (Wildman–Crippen MR) is 164 cm³/mol. The summed E-state index contributed by atoms with van der Waals surface area (Å²) in [5.41, 5.74) is 1.25. The van der Waals surface area contributed by atoms with Crippen LogP contribution in [0.2, 0.25) is 0 Å². The molecule has 1 N–H and O–H groups in total. The molecule has 0 aromatic carbocycles. The normalized spacial score (nSPS) is 46.3. The van der Waals surface area contributed by atoms with E-state index in [9.17, 15) is 5.11 Å². The lowest BCUT2D eigenvalue weighted by Gasteiger charge is -2.68. The lowest BCUT2D eigenvalue weighted by atomic mass is 9.37. The zero-order valence-corrected chi connectivity index (χ0v) is 28.3. The fraction of sp³-hybridized carbons (Fsp3) is 0.943. The minimum atomic E-state index is -0.406. The van der Waals surface area contributed by atoms with E-state index in [1.165, 1.54) is 0 Å². The van der Waals surface area contributed by atoms with Gasteiger partial charge in [-0.25, -0.2) is 0 Å². The van der Waals surface area contributed by atoms with Gasteiger partial charge in [0, 0.05) is 35.0 Å². The van der Waals surface area contributed by atoms with Crippen molar-refractivity contribution in [1.29, 1.82) is 0 Å². The van der Waals surface area contributed by atoms with Crippen LogP contribution in [-0.4, -0.2) is 77.3 Å². The summed E-state index contributed by atoms with van der Waals surface area (Å²) in [6, 6.07) is 0. The Kier molecular flexibility index (Phi) is 9.59. The van der Waals surface area contributed by atoms with Crippen LogP contribution in [0.4, 0.5) is 0 Å². The molecule has 1 unspecified atom stereocenters. The lowest BCUT2D eigenvalue weighted by Crippen LogP contribution is -2.68. The molecule has 4 aliphatic rings. The van der Waals surface area contributed by atoms with E-state index in [2.05, 4.69) is 61.5 Å². The quantitative estimate of drug-likeness (QED) is 0.308. The maximum absolute atomic E-state index is 11.0. The van der Waals surface area contributed by atoms with Crippen molar-refractivity contribution in [3.05, 3.63) is 11.6 Å². The Labute approximate surface area is 251 Å². The van der Waals surface area contributed by atoms with E-state index in [0.717, 1.165) is 38.5 Å². The smallest absolute Gasteiger partial charge is 0.0946 e. The molecular formula is C35H62O6. The number of hydrogen-bond donors (Lipinski definition) is 1. The highest BCUT2D eigenvalue weighted by atomic mass is 16.5. The molecule has 4 aliphatic carbocycles. The van der Waals surface area contributed by atoms with Crippen molar-refractivity contribution in [3.8, 4) is 0 Å². The van der Waals surface area contributed by atoms with E-state index < -0.39 is 5.41 Å². The fourth-order valence-electron chi connectivity index (χ4n) is 11.0. The van der Waals surface area contributed by atoms with Gasteiger partial charge in [0.15, 0.2) is 0 Å². The summed E-state index contributed by atoms with van der Waals surface area (Å²) in [7, 11) is 7.27. The molecular weight excluding hydrogens is 516 g/mol. The maximum atomic E-state index is 11.0. The maximum Gasteiger partial charge on any atom is 0.0946 e. The molecule has 0 aliphatic heterocycles. The van der Waals surface area contributed by atoms with Crippen molar-refractivity contribution in [2.24, 2.45) is 44.8 Å². The summed E-state index contributed by atoms with van der Waals surface area (Å²) in [5, 5.41) is 11.0. The first-order chi connectivity index (χ1) is 19.2. The first-order valence-corrected chi connectivity index (χ1v) is 16.2. The predicted octanol–water partition coefficient (Wildman–Crippen LogP) is 6.69. The van der Waals surface area contributed by atoms with Gasteiger partial charge in [-0.1, -0.05) is 53.2 Å². The Morgan fingerprint density at radius 3 is 2.17 bits per heavy atom. The summed E-state index contributed by atoms with van der Waals surface area (Å²) in [5.74, 6) is 1.14. The Balaban J connectivity index is 1.85. The Bertz CT molecular complexity index is 945.